The lowest BCUT2D eigenvalue weighted by Gasteiger charge is -2.07. The summed E-state index contributed by atoms with van der Waals surface area (Å²) in [6, 6.07) is 0. The van der Waals surface area contributed by atoms with Crippen LogP contribution in [-0.2, 0) is 0 Å². The molecule has 0 unspecified atom stereocenters. The van der Waals surface area contributed by atoms with Crippen LogP contribution in [0.4, 0.5) is 8.78 Å². The van der Waals surface area contributed by atoms with E-state index in [0.717, 1.165) is 6.20 Å². The molecular weight excluding hydrogens is 237 g/mol. The normalized spacial score (nSPS) is 10.6. The first-order valence-corrected chi connectivity index (χ1v) is 4.12. The summed E-state index contributed by atoms with van der Waals surface area (Å²) in [6.07, 6.45) is -1.97. The van der Waals surface area contributed by atoms with Crippen molar-refractivity contribution in [3.8, 4) is 0 Å². The Bertz CT molecular complexity index is 384. The summed E-state index contributed by atoms with van der Waals surface area (Å²) in [7, 11) is 0. The molecule has 0 aliphatic carbocycles. The molecule has 76 valence electrons. The van der Waals surface area contributed by atoms with Crippen molar-refractivity contribution in [3.63, 3.8) is 0 Å². The summed E-state index contributed by atoms with van der Waals surface area (Å²) in [5, 5.41) is -0.796. The van der Waals surface area contributed by atoms with Crippen LogP contribution >= 0.6 is 23.2 Å². The second kappa shape index (κ2) is 4.06. The molecule has 0 spiro atoms. The number of aromatic nitrogens is 1. The van der Waals surface area contributed by atoms with Crippen LogP contribution in [0.2, 0.25) is 10.0 Å². The lowest BCUT2D eigenvalue weighted by molar-refractivity contribution is 0.0995. The van der Waals surface area contributed by atoms with Crippen molar-refractivity contribution in [1.82, 2.24) is 4.98 Å². The van der Waals surface area contributed by atoms with E-state index in [1.807, 2.05) is 0 Å². The van der Waals surface area contributed by atoms with E-state index in [0.29, 0.717) is 0 Å². The first-order chi connectivity index (χ1) is 6.45. The van der Waals surface area contributed by atoms with Crippen LogP contribution < -0.4 is 5.73 Å². The van der Waals surface area contributed by atoms with Gasteiger partial charge in [0.25, 0.3) is 12.3 Å². The third kappa shape index (κ3) is 1.93. The van der Waals surface area contributed by atoms with Crippen LogP contribution in [0.1, 0.15) is 22.5 Å². The molecule has 2 N–H and O–H groups in total. The van der Waals surface area contributed by atoms with Gasteiger partial charge >= 0.3 is 0 Å². The summed E-state index contributed by atoms with van der Waals surface area (Å²) in [5.41, 5.74) is 3.82. The fourth-order valence-electron chi connectivity index (χ4n) is 0.852. The Morgan fingerprint density at radius 2 is 2.07 bits per heavy atom. The lowest BCUT2D eigenvalue weighted by atomic mass is 10.2. The van der Waals surface area contributed by atoms with Gasteiger partial charge < -0.3 is 5.73 Å². The largest absolute Gasteiger partial charge is 0.364 e. The molecule has 3 nitrogen and oxygen atoms in total. The lowest BCUT2D eigenvalue weighted by Crippen LogP contribution is -2.14. The summed E-state index contributed by atoms with van der Waals surface area (Å²) >= 11 is 10.9. The molecule has 1 aromatic rings. The predicted molar refractivity (Wildman–Crippen MR) is 47.7 cm³/mol. The number of halogens is 4. The quantitative estimate of drug-likeness (QED) is 0.864. The van der Waals surface area contributed by atoms with Crippen LogP contribution in [-0.4, -0.2) is 10.9 Å². The average molecular weight is 241 g/mol. The van der Waals surface area contributed by atoms with Gasteiger partial charge in [0, 0.05) is 6.20 Å². The Kier molecular flexibility index (Phi) is 3.23. The fourth-order valence-corrected chi connectivity index (χ4v) is 1.45. The molecular formula is C7H4Cl2F2N2O. The van der Waals surface area contributed by atoms with Crippen molar-refractivity contribution in [2.45, 2.75) is 6.43 Å². The minimum absolute atomic E-state index is 0.296. The van der Waals surface area contributed by atoms with E-state index < -0.39 is 28.6 Å². The van der Waals surface area contributed by atoms with E-state index in [9.17, 15) is 13.6 Å². The highest BCUT2D eigenvalue weighted by Crippen LogP contribution is 2.34. The molecule has 0 radical (unpaired) electrons. The number of hydrogen-bond donors (Lipinski definition) is 1. The number of carbonyl (C=O) groups excluding carboxylic acids is 1. The molecule has 1 heterocycles. The van der Waals surface area contributed by atoms with E-state index in [1.54, 1.807) is 0 Å². The number of nitrogens with two attached hydrogens (primary N) is 1. The molecule has 0 saturated carbocycles. The number of primary amides is 1. The molecule has 0 aliphatic rings. The number of alkyl halides is 2. The first kappa shape index (κ1) is 11.1. The highest BCUT2D eigenvalue weighted by Gasteiger charge is 2.22. The number of hydrogen-bond acceptors (Lipinski definition) is 2. The van der Waals surface area contributed by atoms with Crippen molar-refractivity contribution in [3.05, 3.63) is 27.5 Å². The second-order valence-corrected chi connectivity index (χ2v) is 3.13. The minimum atomic E-state index is -2.88. The van der Waals surface area contributed by atoms with Crippen LogP contribution in [0.25, 0.3) is 0 Å². The number of nitrogens with zero attached hydrogens (tertiary/aromatic N) is 1. The smallest absolute Gasteiger partial charge is 0.268 e. The molecule has 1 aromatic heterocycles. The zero-order chi connectivity index (χ0) is 10.9. The number of carbonyl (C=O) groups is 1. The van der Waals surface area contributed by atoms with Crippen LogP contribution in [0.3, 0.4) is 0 Å². The highest BCUT2D eigenvalue weighted by atomic mass is 35.5. The van der Waals surface area contributed by atoms with Gasteiger partial charge in [0.05, 0.1) is 15.6 Å². The maximum atomic E-state index is 12.4. The predicted octanol–water partition coefficient (Wildman–Crippen LogP) is 2.42. The maximum Gasteiger partial charge on any atom is 0.268 e. The molecule has 0 aromatic carbocycles. The third-order valence-electron chi connectivity index (χ3n) is 1.46. The van der Waals surface area contributed by atoms with Crippen molar-refractivity contribution in [2.24, 2.45) is 5.73 Å². The Balaban J connectivity index is 3.41. The summed E-state index contributed by atoms with van der Waals surface area (Å²) in [5.74, 6) is -0.978. The average Bonchev–Trinajstić information content (AvgIpc) is 2.02. The van der Waals surface area contributed by atoms with Gasteiger partial charge in [0.15, 0.2) is 0 Å². The number of pyridine rings is 1. The summed E-state index contributed by atoms with van der Waals surface area (Å²) in [6.45, 7) is 0. The van der Waals surface area contributed by atoms with E-state index in [-0.39, 0.29) is 5.02 Å². The van der Waals surface area contributed by atoms with Gasteiger partial charge in [0.2, 0.25) is 0 Å². The van der Waals surface area contributed by atoms with Crippen LogP contribution in [0.5, 0.6) is 0 Å². The van der Waals surface area contributed by atoms with Crippen molar-refractivity contribution >= 4 is 29.1 Å². The van der Waals surface area contributed by atoms with Crippen molar-refractivity contribution < 1.29 is 13.6 Å². The zero-order valence-corrected chi connectivity index (χ0v) is 8.11. The van der Waals surface area contributed by atoms with Gasteiger partial charge in [-0.05, 0) is 0 Å². The summed E-state index contributed by atoms with van der Waals surface area (Å²) in [4.78, 5) is 14.1. The molecule has 7 heteroatoms. The third-order valence-corrected chi connectivity index (χ3v) is 2.14. The number of rotatable bonds is 2. The van der Waals surface area contributed by atoms with Crippen LogP contribution in [0.15, 0.2) is 6.20 Å². The van der Waals surface area contributed by atoms with E-state index >= 15 is 0 Å². The van der Waals surface area contributed by atoms with E-state index in [4.69, 9.17) is 28.9 Å². The summed E-state index contributed by atoms with van der Waals surface area (Å²) < 4.78 is 24.8. The van der Waals surface area contributed by atoms with Gasteiger partial charge in [-0.1, -0.05) is 23.2 Å². The van der Waals surface area contributed by atoms with Crippen molar-refractivity contribution in [1.29, 1.82) is 0 Å². The minimum Gasteiger partial charge on any atom is -0.364 e. The molecule has 1 rings (SSSR count). The van der Waals surface area contributed by atoms with Gasteiger partial charge in [0.1, 0.15) is 5.69 Å². The van der Waals surface area contributed by atoms with Gasteiger partial charge in [-0.25, -0.2) is 13.8 Å². The molecule has 1 amide bonds. The van der Waals surface area contributed by atoms with Gasteiger partial charge in [-0.3, -0.25) is 4.79 Å². The van der Waals surface area contributed by atoms with Gasteiger partial charge in [-0.15, -0.1) is 0 Å². The van der Waals surface area contributed by atoms with Gasteiger partial charge in [-0.2, -0.15) is 0 Å². The Labute approximate surface area is 87.8 Å². The van der Waals surface area contributed by atoms with Crippen molar-refractivity contribution in [2.75, 3.05) is 0 Å². The van der Waals surface area contributed by atoms with Crippen LogP contribution in [0, 0.1) is 0 Å². The fraction of sp³-hybridized carbons (Fsp3) is 0.143. The van der Waals surface area contributed by atoms with E-state index in [2.05, 4.69) is 4.98 Å². The number of amides is 1. The monoisotopic (exact) mass is 240 g/mol. The molecule has 0 bridgehead atoms. The standard InChI is InChI=1S/C7H4Cl2F2N2O/c8-2-1-13-5(7(12)14)4(9)3(2)6(10)11/h1,6H,(H2,12,14). The maximum absolute atomic E-state index is 12.4. The highest BCUT2D eigenvalue weighted by molar-refractivity contribution is 6.37. The van der Waals surface area contributed by atoms with E-state index in [1.165, 1.54) is 0 Å². The first-order valence-electron chi connectivity index (χ1n) is 3.37. The topological polar surface area (TPSA) is 56.0 Å². The Morgan fingerprint density at radius 1 is 1.50 bits per heavy atom. The SMILES string of the molecule is NC(=O)c1ncc(Cl)c(C(F)F)c1Cl. The Hall–Kier alpha value is -0.940. The zero-order valence-electron chi connectivity index (χ0n) is 6.60. The molecule has 0 atom stereocenters. The molecule has 0 aliphatic heterocycles. The molecule has 0 fully saturated rings. The molecule has 14 heavy (non-hydrogen) atoms. The Morgan fingerprint density at radius 3 is 2.50 bits per heavy atom. The second-order valence-electron chi connectivity index (χ2n) is 2.35. The molecule has 0 saturated heterocycles.